The van der Waals surface area contributed by atoms with E-state index in [0.717, 1.165) is 5.56 Å². The molecule has 7 nitrogen and oxygen atoms in total. The molecule has 0 unspecified atom stereocenters. The Balaban J connectivity index is 1.58. The zero-order valence-electron chi connectivity index (χ0n) is 15.4. The number of rotatable bonds is 7. The lowest BCUT2D eigenvalue weighted by Crippen LogP contribution is -2.20. The topological polar surface area (TPSA) is 97.4 Å². The molecule has 0 fully saturated rings. The van der Waals surface area contributed by atoms with Gasteiger partial charge >= 0.3 is 0 Å². The predicted octanol–water partition coefficient (Wildman–Crippen LogP) is 3.86. The molecule has 0 bridgehead atoms. The Morgan fingerprint density at radius 1 is 1.10 bits per heavy atom. The van der Waals surface area contributed by atoms with Crippen molar-refractivity contribution in [2.45, 2.75) is 11.8 Å². The number of halogens is 1. The van der Waals surface area contributed by atoms with E-state index >= 15 is 0 Å². The van der Waals surface area contributed by atoms with Crippen molar-refractivity contribution >= 4 is 39.0 Å². The molecule has 3 aromatic rings. The lowest BCUT2D eigenvalue weighted by molar-refractivity contribution is -0.118. The molecule has 0 saturated heterocycles. The van der Waals surface area contributed by atoms with Gasteiger partial charge in [-0.25, -0.2) is 13.4 Å². The number of sulfonamides is 1. The van der Waals surface area contributed by atoms with Gasteiger partial charge in [0.25, 0.3) is 15.9 Å². The highest BCUT2D eigenvalue weighted by atomic mass is 35.5. The zero-order valence-corrected chi connectivity index (χ0v) is 17.0. The molecule has 1 amide bonds. The monoisotopic (exact) mass is 431 g/mol. The standard InChI is InChI=1S/C20H18ClN3O4S/c1-14-12-16(7-10-18(14)21)28-13-20(25)23-15-5-8-17(9-6-15)29(26,27)24-19-4-2-3-11-22-19/h2-12H,13H2,1H3,(H,22,24)(H,23,25). The van der Waals surface area contributed by atoms with E-state index in [2.05, 4.69) is 15.0 Å². The molecule has 3 rings (SSSR count). The average Bonchev–Trinajstić information content (AvgIpc) is 2.70. The highest BCUT2D eigenvalue weighted by Crippen LogP contribution is 2.21. The van der Waals surface area contributed by atoms with Crippen LogP contribution < -0.4 is 14.8 Å². The molecule has 0 aliphatic carbocycles. The first-order valence-corrected chi connectivity index (χ1v) is 10.4. The van der Waals surface area contributed by atoms with Gasteiger partial charge in [0.1, 0.15) is 11.6 Å². The van der Waals surface area contributed by atoms with Crippen LogP contribution in [0.1, 0.15) is 5.56 Å². The molecule has 1 heterocycles. The van der Waals surface area contributed by atoms with Crippen LogP contribution in [0.2, 0.25) is 5.02 Å². The quantitative estimate of drug-likeness (QED) is 0.592. The molecule has 0 atom stereocenters. The van der Waals surface area contributed by atoms with Gasteiger partial charge < -0.3 is 10.1 Å². The van der Waals surface area contributed by atoms with Crippen LogP contribution in [0.5, 0.6) is 5.75 Å². The van der Waals surface area contributed by atoms with Crippen LogP contribution in [0, 0.1) is 6.92 Å². The minimum Gasteiger partial charge on any atom is -0.484 e. The Kier molecular flexibility index (Phi) is 6.36. The van der Waals surface area contributed by atoms with Crippen molar-refractivity contribution < 1.29 is 17.9 Å². The van der Waals surface area contributed by atoms with Gasteiger partial charge in [0.05, 0.1) is 4.90 Å². The van der Waals surface area contributed by atoms with Crippen molar-refractivity contribution in [2.24, 2.45) is 0 Å². The molecule has 2 aromatic carbocycles. The molecule has 9 heteroatoms. The summed E-state index contributed by atoms with van der Waals surface area (Å²) in [7, 11) is -3.77. The maximum Gasteiger partial charge on any atom is 0.263 e. The number of aromatic nitrogens is 1. The summed E-state index contributed by atoms with van der Waals surface area (Å²) in [5, 5.41) is 3.27. The number of nitrogens with zero attached hydrogens (tertiary/aromatic N) is 1. The molecule has 150 valence electrons. The zero-order chi connectivity index (χ0) is 20.9. The Morgan fingerprint density at radius 2 is 1.86 bits per heavy atom. The van der Waals surface area contributed by atoms with E-state index in [1.165, 1.54) is 30.5 Å². The van der Waals surface area contributed by atoms with Crippen LogP contribution in [-0.4, -0.2) is 25.9 Å². The first kappa shape index (κ1) is 20.6. The second-order valence-electron chi connectivity index (χ2n) is 6.09. The second-order valence-corrected chi connectivity index (χ2v) is 8.18. The van der Waals surface area contributed by atoms with E-state index in [1.54, 1.807) is 36.4 Å². The molecular weight excluding hydrogens is 414 g/mol. The second kappa shape index (κ2) is 8.93. The van der Waals surface area contributed by atoms with Crippen LogP contribution in [0.25, 0.3) is 0 Å². The number of hydrogen-bond acceptors (Lipinski definition) is 5. The highest BCUT2D eigenvalue weighted by molar-refractivity contribution is 7.92. The van der Waals surface area contributed by atoms with E-state index in [9.17, 15) is 13.2 Å². The summed E-state index contributed by atoms with van der Waals surface area (Å²) in [6.07, 6.45) is 1.49. The first-order chi connectivity index (χ1) is 13.8. The maximum absolute atomic E-state index is 12.4. The molecule has 0 aliphatic rings. The van der Waals surface area contributed by atoms with Gasteiger partial charge in [-0.15, -0.1) is 0 Å². The molecule has 1 aromatic heterocycles. The lowest BCUT2D eigenvalue weighted by atomic mass is 10.2. The molecule has 2 N–H and O–H groups in total. The fourth-order valence-corrected chi connectivity index (χ4v) is 3.52. The number of amides is 1. The van der Waals surface area contributed by atoms with Crippen molar-refractivity contribution in [1.82, 2.24) is 4.98 Å². The number of hydrogen-bond donors (Lipinski definition) is 2. The number of anilines is 2. The molecule has 0 radical (unpaired) electrons. The molecular formula is C20H18ClN3O4S. The average molecular weight is 432 g/mol. The van der Waals surface area contributed by atoms with E-state index < -0.39 is 10.0 Å². The van der Waals surface area contributed by atoms with Crippen LogP contribution in [0.15, 0.2) is 71.8 Å². The fraction of sp³-hybridized carbons (Fsp3) is 0.100. The van der Waals surface area contributed by atoms with E-state index in [1.807, 2.05) is 6.92 Å². The summed E-state index contributed by atoms with van der Waals surface area (Å²) >= 11 is 5.96. The molecule has 0 aliphatic heterocycles. The van der Waals surface area contributed by atoms with Crippen LogP contribution >= 0.6 is 11.6 Å². The third kappa shape index (κ3) is 5.69. The van der Waals surface area contributed by atoms with Gasteiger partial charge in [0.2, 0.25) is 0 Å². The van der Waals surface area contributed by atoms with E-state index in [-0.39, 0.29) is 23.2 Å². The van der Waals surface area contributed by atoms with E-state index in [4.69, 9.17) is 16.3 Å². The van der Waals surface area contributed by atoms with Gasteiger partial charge in [-0.3, -0.25) is 9.52 Å². The number of carbonyl (C=O) groups excluding carboxylic acids is 1. The number of aryl methyl sites for hydroxylation is 1. The molecule has 29 heavy (non-hydrogen) atoms. The smallest absolute Gasteiger partial charge is 0.263 e. The maximum atomic E-state index is 12.4. The summed E-state index contributed by atoms with van der Waals surface area (Å²) in [5.41, 5.74) is 1.29. The Morgan fingerprint density at radius 3 is 2.52 bits per heavy atom. The summed E-state index contributed by atoms with van der Waals surface area (Å²) in [5.74, 6) is 0.378. The molecule has 0 saturated carbocycles. The van der Waals surface area contributed by atoms with Gasteiger partial charge in [0.15, 0.2) is 6.61 Å². The van der Waals surface area contributed by atoms with Gasteiger partial charge in [-0.1, -0.05) is 17.7 Å². The third-order valence-corrected chi connectivity index (χ3v) is 5.65. The SMILES string of the molecule is Cc1cc(OCC(=O)Nc2ccc(S(=O)(=O)Nc3ccccn3)cc2)ccc1Cl. The van der Waals surface area contributed by atoms with Crippen molar-refractivity contribution in [3.63, 3.8) is 0 Å². The summed E-state index contributed by atoms with van der Waals surface area (Å²) in [6, 6.07) is 15.8. The summed E-state index contributed by atoms with van der Waals surface area (Å²) in [6.45, 7) is 1.65. The molecule has 0 spiro atoms. The number of carbonyl (C=O) groups is 1. The van der Waals surface area contributed by atoms with Gasteiger partial charge in [-0.05, 0) is 67.1 Å². The fourth-order valence-electron chi connectivity index (χ4n) is 2.39. The van der Waals surface area contributed by atoms with Crippen molar-refractivity contribution in [2.75, 3.05) is 16.6 Å². The van der Waals surface area contributed by atoms with Crippen LogP contribution in [0.3, 0.4) is 0 Å². The van der Waals surface area contributed by atoms with Crippen LogP contribution in [-0.2, 0) is 14.8 Å². The number of ether oxygens (including phenoxy) is 1. The largest absolute Gasteiger partial charge is 0.484 e. The first-order valence-electron chi connectivity index (χ1n) is 8.56. The van der Waals surface area contributed by atoms with Crippen molar-refractivity contribution in [3.05, 3.63) is 77.4 Å². The normalized spacial score (nSPS) is 11.0. The van der Waals surface area contributed by atoms with Crippen molar-refractivity contribution in [3.8, 4) is 5.75 Å². The Labute approximate surface area is 173 Å². The number of benzene rings is 2. The highest BCUT2D eigenvalue weighted by Gasteiger charge is 2.15. The van der Waals surface area contributed by atoms with Gasteiger partial charge in [-0.2, -0.15) is 0 Å². The third-order valence-electron chi connectivity index (χ3n) is 3.85. The summed E-state index contributed by atoms with van der Waals surface area (Å²) < 4.78 is 32.6. The summed E-state index contributed by atoms with van der Waals surface area (Å²) in [4.78, 5) is 16.0. The Bertz CT molecular complexity index is 1100. The number of pyridine rings is 1. The minimum absolute atomic E-state index is 0.0500. The van der Waals surface area contributed by atoms with Crippen LogP contribution in [0.4, 0.5) is 11.5 Å². The van der Waals surface area contributed by atoms with Gasteiger partial charge in [0, 0.05) is 16.9 Å². The predicted molar refractivity (Wildman–Crippen MR) is 112 cm³/mol. The van der Waals surface area contributed by atoms with Crippen molar-refractivity contribution in [1.29, 1.82) is 0 Å². The van der Waals surface area contributed by atoms with E-state index in [0.29, 0.717) is 16.5 Å². The lowest BCUT2D eigenvalue weighted by Gasteiger charge is -2.10. The Hall–Kier alpha value is -3.10. The minimum atomic E-state index is -3.77. The number of nitrogens with one attached hydrogen (secondary N) is 2.